The lowest BCUT2D eigenvalue weighted by Crippen LogP contribution is -2.32. The number of hydrogen-bond donors (Lipinski definition) is 1. The van der Waals surface area contributed by atoms with E-state index in [9.17, 15) is 0 Å². The van der Waals surface area contributed by atoms with Gasteiger partial charge < -0.3 is 5.32 Å². The third-order valence-corrected chi connectivity index (χ3v) is 5.27. The lowest BCUT2D eigenvalue weighted by Gasteiger charge is -2.38. The minimum absolute atomic E-state index is 0.571. The Labute approximate surface area is 116 Å². The van der Waals surface area contributed by atoms with Crippen molar-refractivity contribution in [1.82, 2.24) is 5.32 Å². The largest absolute Gasteiger partial charge is 0.309 e. The molecule has 1 N–H and O–H groups in total. The molecule has 1 aliphatic rings. The van der Waals surface area contributed by atoms with Crippen LogP contribution in [0.4, 0.5) is 0 Å². The van der Waals surface area contributed by atoms with Gasteiger partial charge in [0.05, 0.1) is 0 Å². The zero-order valence-electron chi connectivity index (χ0n) is 12.0. The molecule has 1 fully saturated rings. The highest BCUT2D eigenvalue weighted by molar-refractivity contribution is 7.10. The zero-order chi connectivity index (χ0) is 13.0. The predicted molar refractivity (Wildman–Crippen MR) is 81.1 cm³/mol. The van der Waals surface area contributed by atoms with Crippen LogP contribution in [-0.4, -0.2) is 6.54 Å². The normalized spacial score (nSPS) is 21.9. The average molecular weight is 265 g/mol. The van der Waals surface area contributed by atoms with Gasteiger partial charge in [-0.1, -0.05) is 26.8 Å². The molecule has 1 unspecified atom stereocenters. The van der Waals surface area contributed by atoms with E-state index in [0.717, 1.165) is 12.5 Å². The summed E-state index contributed by atoms with van der Waals surface area (Å²) >= 11 is 1.91. The maximum absolute atomic E-state index is 3.78. The first-order valence-electron chi connectivity index (χ1n) is 7.39. The van der Waals surface area contributed by atoms with Gasteiger partial charge in [-0.2, -0.15) is 0 Å². The third-order valence-electron chi connectivity index (χ3n) is 4.32. The van der Waals surface area contributed by atoms with Crippen LogP contribution in [0.25, 0.3) is 0 Å². The third kappa shape index (κ3) is 3.58. The molecule has 0 radical (unpaired) electrons. The fourth-order valence-corrected chi connectivity index (χ4v) is 3.92. The molecule has 102 valence electrons. The predicted octanol–water partition coefficient (Wildman–Crippen LogP) is 5.01. The maximum atomic E-state index is 3.78. The van der Waals surface area contributed by atoms with E-state index in [-0.39, 0.29) is 0 Å². The summed E-state index contributed by atoms with van der Waals surface area (Å²) in [6.07, 6.45) is 6.75. The molecule has 18 heavy (non-hydrogen) atoms. The van der Waals surface area contributed by atoms with Gasteiger partial charge in [0.15, 0.2) is 0 Å². The van der Waals surface area contributed by atoms with Crippen LogP contribution in [0.5, 0.6) is 0 Å². The molecule has 1 aromatic heterocycles. The highest BCUT2D eigenvalue weighted by atomic mass is 32.1. The second kappa shape index (κ2) is 6.21. The summed E-state index contributed by atoms with van der Waals surface area (Å²) in [4.78, 5) is 1.54. The second-order valence-corrected chi connectivity index (χ2v) is 7.43. The molecule has 2 rings (SSSR count). The van der Waals surface area contributed by atoms with E-state index < -0.39 is 0 Å². The van der Waals surface area contributed by atoms with Crippen molar-refractivity contribution in [2.75, 3.05) is 6.54 Å². The van der Waals surface area contributed by atoms with E-state index in [4.69, 9.17) is 0 Å². The molecular weight excluding hydrogens is 238 g/mol. The van der Waals surface area contributed by atoms with Gasteiger partial charge in [0, 0.05) is 10.9 Å². The van der Waals surface area contributed by atoms with Gasteiger partial charge in [0.2, 0.25) is 0 Å². The van der Waals surface area contributed by atoms with Crippen molar-refractivity contribution >= 4 is 11.3 Å². The van der Waals surface area contributed by atoms with Gasteiger partial charge in [0.1, 0.15) is 0 Å². The number of thiophene rings is 1. The van der Waals surface area contributed by atoms with E-state index in [2.05, 4.69) is 43.6 Å². The molecule has 0 amide bonds. The molecule has 2 heteroatoms. The molecule has 1 heterocycles. The Morgan fingerprint density at radius 3 is 2.67 bits per heavy atom. The Morgan fingerprint density at radius 1 is 1.39 bits per heavy atom. The smallest absolute Gasteiger partial charge is 0.0443 e. The minimum atomic E-state index is 0.571. The van der Waals surface area contributed by atoms with Gasteiger partial charge in [-0.3, -0.25) is 0 Å². The standard InChI is InChI=1S/C16H27NS/c1-4-11-17-15(14-6-5-12-18-14)13-7-9-16(2,3)10-8-13/h5-6,12-13,15,17H,4,7-11H2,1-3H3. The maximum Gasteiger partial charge on any atom is 0.0443 e. The monoisotopic (exact) mass is 265 g/mol. The number of hydrogen-bond acceptors (Lipinski definition) is 2. The number of rotatable bonds is 5. The molecular formula is C16H27NS. The Balaban J connectivity index is 2.01. The summed E-state index contributed by atoms with van der Waals surface area (Å²) in [5.41, 5.74) is 0.571. The van der Waals surface area contributed by atoms with Crippen LogP contribution in [0.1, 0.15) is 63.8 Å². The molecule has 1 aromatic rings. The molecule has 1 atom stereocenters. The fourth-order valence-electron chi connectivity index (χ4n) is 3.02. The highest BCUT2D eigenvalue weighted by Crippen LogP contribution is 2.43. The van der Waals surface area contributed by atoms with E-state index in [1.54, 1.807) is 0 Å². The molecule has 0 aromatic carbocycles. The Kier molecular flexibility index (Phi) is 4.85. The van der Waals surface area contributed by atoms with Crippen LogP contribution in [0.3, 0.4) is 0 Å². The van der Waals surface area contributed by atoms with E-state index in [1.807, 2.05) is 11.3 Å². The summed E-state index contributed by atoms with van der Waals surface area (Å²) in [5, 5.41) is 5.99. The van der Waals surface area contributed by atoms with Gasteiger partial charge in [-0.05, 0) is 61.4 Å². The molecule has 0 bridgehead atoms. The molecule has 1 aliphatic carbocycles. The SMILES string of the molecule is CCCNC(c1cccs1)C1CCC(C)(C)CC1. The second-order valence-electron chi connectivity index (χ2n) is 6.45. The van der Waals surface area contributed by atoms with Crippen LogP contribution in [0.2, 0.25) is 0 Å². The Morgan fingerprint density at radius 2 is 2.11 bits per heavy atom. The first-order valence-corrected chi connectivity index (χ1v) is 8.27. The average Bonchev–Trinajstić information content (AvgIpc) is 2.85. The molecule has 0 aliphatic heterocycles. The Hall–Kier alpha value is -0.340. The molecule has 0 saturated heterocycles. The van der Waals surface area contributed by atoms with Crippen LogP contribution >= 0.6 is 11.3 Å². The van der Waals surface area contributed by atoms with Crippen LogP contribution in [0.15, 0.2) is 17.5 Å². The van der Waals surface area contributed by atoms with Crippen molar-refractivity contribution in [2.45, 2.75) is 58.9 Å². The van der Waals surface area contributed by atoms with Gasteiger partial charge >= 0.3 is 0 Å². The van der Waals surface area contributed by atoms with Crippen LogP contribution in [-0.2, 0) is 0 Å². The van der Waals surface area contributed by atoms with Gasteiger partial charge in [-0.25, -0.2) is 0 Å². The van der Waals surface area contributed by atoms with E-state index >= 15 is 0 Å². The summed E-state index contributed by atoms with van der Waals surface area (Å²) in [6.45, 7) is 8.23. The lowest BCUT2D eigenvalue weighted by atomic mass is 9.71. The van der Waals surface area contributed by atoms with Crippen molar-refractivity contribution in [3.8, 4) is 0 Å². The van der Waals surface area contributed by atoms with Crippen molar-refractivity contribution < 1.29 is 0 Å². The van der Waals surface area contributed by atoms with Gasteiger partial charge in [0.25, 0.3) is 0 Å². The first kappa shape index (κ1) is 14.1. The molecule has 1 saturated carbocycles. The van der Waals surface area contributed by atoms with Gasteiger partial charge in [-0.15, -0.1) is 11.3 Å². The van der Waals surface area contributed by atoms with Crippen LogP contribution < -0.4 is 5.32 Å². The number of nitrogens with one attached hydrogen (secondary N) is 1. The molecule has 0 spiro atoms. The summed E-state index contributed by atoms with van der Waals surface area (Å²) in [5.74, 6) is 0.836. The van der Waals surface area contributed by atoms with Crippen molar-refractivity contribution in [1.29, 1.82) is 0 Å². The topological polar surface area (TPSA) is 12.0 Å². The lowest BCUT2D eigenvalue weighted by molar-refractivity contribution is 0.162. The highest BCUT2D eigenvalue weighted by Gasteiger charge is 2.32. The summed E-state index contributed by atoms with van der Waals surface area (Å²) in [7, 11) is 0. The summed E-state index contributed by atoms with van der Waals surface area (Å²) in [6, 6.07) is 5.09. The van der Waals surface area contributed by atoms with Crippen LogP contribution in [0, 0.1) is 11.3 Å². The fraction of sp³-hybridized carbons (Fsp3) is 0.750. The minimum Gasteiger partial charge on any atom is -0.309 e. The summed E-state index contributed by atoms with van der Waals surface area (Å²) < 4.78 is 0. The molecule has 1 nitrogen and oxygen atoms in total. The Bertz CT molecular complexity index is 332. The zero-order valence-corrected chi connectivity index (χ0v) is 12.9. The van der Waals surface area contributed by atoms with Crippen molar-refractivity contribution in [2.24, 2.45) is 11.3 Å². The van der Waals surface area contributed by atoms with Crippen molar-refractivity contribution in [3.63, 3.8) is 0 Å². The van der Waals surface area contributed by atoms with E-state index in [0.29, 0.717) is 11.5 Å². The quantitative estimate of drug-likeness (QED) is 0.789. The van der Waals surface area contributed by atoms with Crippen molar-refractivity contribution in [3.05, 3.63) is 22.4 Å². The van der Waals surface area contributed by atoms with E-state index in [1.165, 1.54) is 37.0 Å². The first-order chi connectivity index (χ1) is 8.62.